The van der Waals surface area contributed by atoms with Crippen molar-refractivity contribution in [1.29, 1.82) is 0 Å². The molecule has 1 saturated carbocycles. The fraction of sp³-hybridized carbons (Fsp3) is 0.650. The van der Waals surface area contributed by atoms with Gasteiger partial charge in [-0.3, -0.25) is 9.69 Å². The van der Waals surface area contributed by atoms with Gasteiger partial charge in [-0.2, -0.15) is 0 Å². The van der Waals surface area contributed by atoms with E-state index in [1.165, 1.54) is 12.1 Å². The van der Waals surface area contributed by atoms with Gasteiger partial charge in [-0.1, -0.05) is 12.1 Å². The molecule has 0 aromatic heterocycles. The van der Waals surface area contributed by atoms with E-state index in [1.54, 1.807) is 12.1 Å². The van der Waals surface area contributed by atoms with Gasteiger partial charge in [0.25, 0.3) is 0 Å². The van der Waals surface area contributed by atoms with Gasteiger partial charge in [0.15, 0.2) is 0 Å². The zero-order valence-electron chi connectivity index (χ0n) is 15.3. The van der Waals surface area contributed by atoms with Crippen molar-refractivity contribution in [2.45, 2.75) is 45.0 Å². The van der Waals surface area contributed by atoms with Crippen LogP contribution in [0.4, 0.5) is 13.2 Å². The number of hydrogen-bond acceptors (Lipinski definition) is 3. The Kier molecular flexibility index (Phi) is 4.82. The van der Waals surface area contributed by atoms with Crippen LogP contribution in [-0.2, 0) is 11.3 Å². The van der Waals surface area contributed by atoms with Gasteiger partial charge >= 0.3 is 6.36 Å². The first-order valence-electron chi connectivity index (χ1n) is 9.71. The number of ether oxygens (including phenoxy) is 1. The summed E-state index contributed by atoms with van der Waals surface area (Å²) in [7, 11) is 0. The van der Waals surface area contributed by atoms with Gasteiger partial charge in [0.2, 0.25) is 5.91 Å². The minimum Gasteiger partial charge on any atom is -0.406 e. The van der Waals surface area contributed by atoms with Crippen LogP contribution in [0.3, 0.4) is 0 Å². The summed E-state index contributed by atoms with van der Waals surface area (Å²) in [6, 6.07) is 6.09. The summed E-state index contributed by atoms with van der Waals surface area (Å²) in [6.07, 6.45) is 0.701. The molecule has 2 heterocycles. The minimum absolute atomic E-state index is 0.190. The van der Waals surface area contributed by atoms with Crippen LogP contribution in [-0.4, -0.2) is 48.2 Å². The SMILES string of the molecule is O=C(C1CC12CCN(Cc1ccc(OC(F)(F)F)cc1)CC2)N1CCCC1. The number of benzene rings is 1. The van der Waals surface area contributed by atoms with Crippen LogP contribution in [0.15, 0.2) is 24.3 Å². The molecule has 4 rings (SSSR count). The van der Waals surface area contributed by atoms with Crippen molar-refractivity contribution in [2.75, 3.05) is 26.2 Å². The Morgan fingerprint density at radius 1 is 1.07 bits per heavy atom. The zero-order chi connectivity index (χ0) is 19.1. The smallest absolute Gasteiger partial charge is 0.406 e. The van der Waals surface area contributed by atoms with E-state index >= 15 is 0 Å². The van der Waals surface area contributed by atoms with Crippen LogP contribution in [0.25, 0.3) is 0 Å². The number of rotatable bonds is 4. The van der Waals surface area contributed by atoms with Gasteiger partial charge < -0.3 is 9.64 Å². The molecule has 1 atom stereocenters. The Labute approximate surface area is 157 Å². The van der Waals surface area contributed by atoms with Gasteiger partial charge in [-0.25, -0.2) is 0 Å². The summed E-state index contributed by atoms with van der Waals surface area (Å²) in [6.45, 7) is 4.43. The summed E-state index contributed by atoms with van der Waals surface area (Å²) in [4.78, 5) is 17.0. The molecule has 1 aromatic carbocycles. The van der Waals surface area contributed by atoms with Gasteiger partial charge in [0, 0.05) is 25.6 Å². The Morgan fingerprint density at radius 3 is 2.30 bits per heavy atom. The van der Waals surface area contributed by atoms with Crippen LogP contribution in [0.1, 0.15) is 37.7 Å². The Hall–Kier alpha value is -1.76. The fourth-order valence-corrected chi connectivity index (χ4v) is 4.62. The van der Waals surface area contributed by atoms with Crippen LogP contribution < -0.4 is 4.74 Å². The third-order valence-electron chi connectivity index (χ3n) is 6.32. The van der Waals surface area contributed by atoms with Crippen LogP contribution in [0, 0.1) is 11.3 Å². The molecule has 1 unspecified atom stereocenters. The van der Waals surface area contributed by atoms with Crippen molar-refractivity contribution in [3.63, 3.8) is 0 Å². The third kappa shape index (κ3) is 4.23. The predicted molar refractivity (Wildman–Crippen MR) is 94.0 cm³/mol. The number of carbonyl (C=O) groups excluding carboxylic acids is 1. The molecule has 0 radical (unpaired) electrons. The summed E-state index contributed by atoms with van der Waals surface area (Å²) in [5.41, 5.74) is 1.18. The number of piperidine rings is 1. The average molecular weight is 382 g/mol. The van der Waals surface area contributed by atoms with E-state index in [-0.39, 0.29) is 17.1 Å². The van der Waals surface area contributed by atoms with Gasteiger partial charge in [-0.05, 0) is 68.3 Å². The number of likely N-dealkylation sites (tertiary alicyclic amines) is 2. The van der Waals surface area contributed by atoms with E-state index in [1.807, 2.05) is 4.90 Å². The van der Waals surface area contributed by atoms with Crippen LogP contribution in [0.2, 0.25) is 0 Å². The van der Waals surface area contributed by atoms with Crippen molar-refractivity contribution in [3.05, 3.63) is 29.8 Å². The van der Waals surface area contributed by atoms with E-state index in [2.05, 4.69) is 9.64 Å². The molecule has 1 spiro atoms. The van der Waals surface area contributed by atoms with Crippen molar-refractivity contribution in [1.82, 2.24) is 9.80 Å². The maximum atomic E-state index is 12.6. The first-order valence-corrected chi connectivity index (χ1v) is 9.71. The lowest BCUT2D eigenvalue weighted by atomic mass is 9.90. The van der Waals surface area contributed by atoms with E-state index < -0.39 is 6.36 Å². The maximum absolute atomic E-state index is 12.6. The van der Waals surface area contributed by atoms with E-state index in [0.717, 1.165) is 63.8 Å². The Morgan fingerprint density at radius 2 is 1.70 bits per heavy atom. The first kappa shape index (κ1) is 18.6. The lowest BCUT2D eigenvalue weighted by Gasteiger charge is -2.33. The highest BCUT2D eigenvalue weighted by Gasteiger charge is 2.59. The molecule has 0 N–H and O–H groups in total. The van der Waals surface area contributed by atoms with Crippen molar-refractivity contribution in [2.24, 2.45) is 11.3 Å². The van der Waals surface area contributed by atoms with Crippen molar-refractivity contribution in [3.8, 4) is 5.75 Å². The molecule has 27 heavy (non-hydrogen) atoms. The molecule has 2 saturated heterocycles. The lowest BCUT2D eigenvalue weighted by molar-refractivity contribution is -0.274. The van der Waals surface area contributed by atoms with Crippen molar-refractivity contribution < 1.29 is 22.7 Å². The summed E-state index contributed by atoms with van der Waals surface area (Å²) < 4.78 is 40.6. The molecule has 148 valence electrons. The van der Waals surface area contributed by atoms with Gasteiger partial charge in [0.05, 0.1) is 0 Å². The number of carbonyl (C=O) groups is 1. The number of alkyl halides is 3. The highest BCUT2D eigenvalue weighted by Crippen LogP contribution is 2.60. The predicted octanol–water partition coefficient (Wildman–Crippen LogP) is 3.81. The second-order valence-electron chi connectivity index (χ2n) is 8.12. The molecule has 4 nitrogen and oxygen atoms in total. The zero-order valence-corrected chi connectivity index (χ0v) is 15.3. The maximum Gasteiger partial charge on any atom is 0.573 e. The summed E-state index contributed by atoms with van der Waals surface area (Å²) >= 11 is 0. The molecular formula is C20H25F3N2O2. The fourth-order valence-electron chi connectivity index (χ4n) is 4.62. The van der Waals surface area contributed by atoms with Crippen molar-refractivity contribution >= 4 is 5.91 Å². The van der Waals surface area contributed by atoms with E-state index in [0.29, 0.717) is 12.5 Å². The summed E-state index contributed by atoms with van der Waals surface area (Å²) in [5, 5.41) is 0. The summed E-state index contributed by atoms with van der Waals surface area (Å²) in [5.74, 6) is 0.392. The average Bonchev–Trinajstić information content (AvgIpc) is 3.04. The van der Waals surface area contributed by atoms with E-state index in [9.17, 15) is 18.0 Å². The number of amides is 1. The molecule has 1 amide bonds. The number of hydrogen-bond donors (Lipinski definition) is 0. The minimum atomic E-state index is -4.66. The third-order valence-corrected chi connectivity index (χ3v) is 6.32. The lowest BCUT2D eigenvalue weighted by Crippen LogP contribution is -2.37. The van der Waals surface area contributed by atoms with Gasteiger partial charge in [0.1, 0.15) is 5.75 Å². The molecule has 3 fully saturated rings. The van der Waals surface area contributed by atoms with E-state index in [4.69, 9.17) is 0 Å². The molecule has 1 aliphatic carbocycles. The Balaban J connectivity index is 1.26. The standard InChI is InChI=1S/C20H25F3N2O2/c21-20(22,23)27-16-5-3-15(4-6-16)14-24-11-7-19(8-12-24)13-17(19)18(26)25-9-1-2-10-25/h3-6,17H,1-2,7-14H2. The normalized spacial score (nSPS) is 25.0. The topological polar surface area (TPSA) is 32.8 Å². The number of halogens is 3. The molecule has 7 heteroatoms. The highest BCUT2D eigenvalue weighted by atomic mass is 19.4. The van der Waals surface area contributed by atoms with Crippen LogP contribution >= 0.6 is 0 Å². The molecule has 3 aliphatic rings. The molecule has 2 aliphatic heterocycles. The first-order chi connectivity index (χ1) is 12.8. The largest absolute Gasteiger partial charge is 0.573 e. The highest BCUT2D eigenvalue weighted by molar-refractivity contribution is 5.83. The van der Waals surface area contributed by atoms with Gasteiger partial charge in [-0.15, -0.1) is 13.2 Å². The Bertz CT molecular complexity index is 675. The molecular weight excluding hydrogens is 357 g/mol. The second kappa shape index (κ2) is 7.00. The second-order valence-corrected chi connectivity index (χ2v) is 8.12. The van der Waals surface area contributed by atoms with Crippen LogP contribution in [0.5, 0.6) is 5.75 Å². The monoisotopic (exact) mass is 382 g/mol. The quantitative estimate of drug-likeness (QED) is 0.794. The molecule has 0 bridgehead atoms. The number of nitrogens with zero attached hydrogens (tertiary/aromatic N) is 2. The molecule has 1 aromatic rings.